The Morgan fingerprint density at radius 1 is 0.500 bits per heavy atom. The molecule has 0 saturated heterocycles. The molecule has 0 aliphatic heterocycles. The summed E-state index contributed by atoms with van der Waals surface area (Å²) in [4.78, 5) is 0. The minimum Gasteiger partial charge on any atom is -0.254 e. The van der Waals surface area contributed by atoms with Crippen LogP contribution in [-0.4, -0.2) is 0 Å². The first-order valence-electron chi connectivity index (χ1n) is 6.96. The number of benzene rings is 3. The van der Waals surface area contributed by atoms with Crippen molar-refractivity contribution in [2.24, 2.45) is 0 Å². The van der Waals surface area contributed by atoms with E-state index in [2.05, 4.69) is 120 Å². The van der Waals surface area contributed by atoms with Crippen molar-refractivity contribution in [3.05, 3.63) is 108 Å². The Kier molecular flexibility index (Phi) is 7.10. The highest BCUT2D eigenvalue weighted by Gasteiger charge is 2.15. The van der Waals surface area contributed by atoms with Gasteiger partial charge in [-0.1, -0.05) is 91.0 Å². The minimum atomic E-state index is 0.309. The Morgan fingerprint density at radius 2 is 0.727 bits per heavy atom. The van der Waals surface area contributed by atoms with Gasteiger partial charge in [0, 0.05) is 5.92 Å². The molecule has 112 valence electrons. The summed E-state index contributed by atoms with van der Waals surface area (Å²) in [7, 11) is 0. The summed E-state index contributed by atoms with van der Waals surface area (Å²) in [5.41, 5.74) is 4.00. The van der Waals surface area contributed by atoms with Gasteiger partial charge >= 0.3 is 0 Å². The van der Waals surface area contributed by atoms with Crippen LogP contribution in [0.15, 0.2) is 91.0 Å². The minimum absolute atomic E-state index is 0.309. The van der Waals surface area contributed by atoms with E-state index in [1.54, 1.807) is 0 Å². The van der Waals surface area contributed by atoms with E-state index in [0.717, 1.165) is 0 Å². The molecule has 0 heterocycles. The highest BCUT2D eigenvalue weighted by Crippen LogP contribution is 2.31. The molecule has 0 atom stereocenters. The summed E-state index contributed by atoms with van der Waals surface area (Å²) in [5, 5.41) is 0. The molecule has 0 aromatic heterocycles. The van der Waals surface area contributed by atoms with Crippen molar-refractivity contribution in [2.45, 2.75) is 5.92 Å². The molecule has 0 saturated carbocycles. The fraction of sp³-hybridized carbons (Fsp3) is 0.0526. The van der Waals surface area contributed by atoms with Crippen molar-refractivity contribution < 1.29 is 3.63 Å². The fourth-order valence-corrected chi connectivity index (χ4v) is 2.51. The molecule has 1 nitrogen and oxygen atoms in total. The van der Waals surface area contributed by atoms with Crippen molar-refractivity contribution >= 4 is 25.8 Å². The first-order chi connectivity index (χ1) is 10.9. The lowest BCUT2D eigenvalue weighted by molar-refractivity contribution is 0.791. The molecule has 0 fully saturated rings. The van der Waals surface area contributed by atoms with Gasteiger partial charge in [-0.15, -0.1) is 0 Å². The highest BCUT2D eigenvalue weighted by molar-refractivity contribution is 7.89. The molecule has 0 radical (unpaired) electrons. The predicted molar refractivity (Wildman–Crippen MR) is 99.3 cm³/mol. The van der Waals surface area contributed by atoms with Crippen molar-refractivity contribution in [3.8, 4) is 0 Å². The molecule has 0 aliphatic carbocycles. The third-order valence-corrected chi connectivity index (χ3v) is 3.40. The number of hydrogen-bond donors (Lipinski definition) is 2. The Balaban J connectivity index is 0.000000545. The van der Waals surface area contributed by atoms with Crippen LogP contribution in [-0.2, 0) is 3.63 Å². The standard InChI is InChI=1S/C19H16.H2OS2/c1-4-10-16(11-5-1)19(17-12-6-2-7-13-17)18-14-8-3-9-15-18;2-1-3/h1-15,19H;2-3H. The number of hydrogen-bond acceptors (Lipinski definition) is 3. The molecule has 0 spiro atoms. The Morgan fingerprint density at radius 3 is 0.955 bits per heavy atom. The molecule has 3 rings (SSSR count). The van der Waals surface area contributed by atoms with Crippen LogP contribution in [0, 0.1) is 0 Å². The molecular weight excluding hydrogens is 308 g/mol. The van der Waals surface area contributed by atoms with Gasteiger partial charge in [0.05, 0.1) is 0 Å². The Bertz CT molecular complexity index is 548. The monoisotopic (exact) mass is 326 g/mol. The average Bonchev–Trinajstić information content (AvgIpc) is 2.59. The van der Waals surface area contributed by atoms with Crippen molar-refractivity contribution in [1.82, 2.24) is 0 Å². The van der Waals surface area contributed by atoms with Crippen molar-refractivity contribution in [3.63, 3.8) is 0 Å². The smallest absolute Gasteiger partial charge is 0.0339 e. The van der Waals surface area contributed by atoms with Gasteiger partial charge in [0.25, 0.3) is 0 Å². The third-order valence-electron chi connectivity index (χ3n) is 3.40. The summed E-state index contributed by atoms with van der Waals surface area (Å²) in [6.45, 7) is 0. The number of rotatable bonds is 3. The van der Waals surface area contributed by atoms with Gasteiger partial charge in [-0.3, -0.25) is 3.63 Å². The summed E-state index contributed by atoms with van der Waals surface area (Å²) < 4.78 is 3.64. The zero-order valence-electron chi connectivity index (χ0n) is 12.0. The first kappa shape index (κ1) is 16.7. The van der Waals surface area contributed by atoms with Crippen LogP contribution in [0.3, 0.4) is 0 Å². The van der Waals surface area contributed by atoms with Gasteiger partial charge in [-0.2, -0.15) is 0 Å². The van der Waals surface area contributed by atoms with Crippen LogP contribution in [0.25, 0.3) is 0 Å². The van der Waals surface area contributed by atoms with E-state index in [9.17, 15) is 0 Å². The molecule has 0 N–H and O–H groups in total. The predicted octanol–water partition coefficient (Wildman–Crippen LogP) is 5.56. The largest absolute Gasteiger partial charge is 0.254 e. The van der Waals surface area contributed by atoms with E-state index in [1.165, 1.54) is 16.7 Å². The van der Waals surface area contributed by atoms with Crippen LogP contribution < -0.4 is 0 Å². The van der Waals surface area contributed by atoms with Crippen LogP contribution >= 0.6 is 25.8 Å². The lowest BCUT2D eigenvalue weighted by Crippen LogP contribution is -2.02. The average molecular weight is 326 g/mol. The molecule has 0 aliphatic rings. The summed E-state index contributed by atoms with van der Waals surface area (Å²) in [6, 6.07) is 32.0. The highest BCUT2D eigenvalue weighted by atomic mass is 32.2. The molecule has 22 heavy (non-hydrogen) atoms. The second-order valence-corrected chi connectivity index (χ2v) is 5.40. The molecule has 3 aromatic rings. The van der Waals surface area contributed by atoms with E-state index in [4.69, 9.17) is 0 Å². The first-order valence-corrected chi connectivity index (χ1v) is 7.69. The van der Waals surface area contributed by atoms with Gasteiger partial charge < -0.3 is 0 Å². The van der Waals surface area contributed by atoms with E-state index in [-0.39, 0.29) is 0 Å². The second-order valence-electron chi connectivity index (χ2n) is 4.75. The van der Waals surface area contributed by atoms with E-state index in [1.807, 2.05) is 0 Å². The lowest BCUT2D eigenvalue weighted by Gasteiger charge is -2.18. The summed E-state index contributed by atoms with van der Waals surface area (Å²) >= 11 is 6.31. The molecule has 0 unspecified atom stereocenters. The maximum Gasteiger partial charge on any atom is 0.0339 e. The number of thiol groups is 2. The lowest BCUT2D eigenvalue weighted by atomic mass is 9.85. The maximum absolute atomic E-state index is 3.64. The van der Waals surface area contributed by atoms with Gasteiger partial charge in [0.1, 0.15) is 0 Å². The quantitative estimate of drug-likeness (QED) is 0.364. The van der Waals surface area contributed by atoms with Crippen molar-refractivity contribution in [1.29, 1.82) is 0 Å². The third kappa shape index (κ3) is 4.67. The van der Waals surface area contributed by atoms with Gasteiger partial charge in [0.2, 0.25) is 0 Å². The van der Waals surface area contributed by atoms with E-state index < -0.39 is 0 Å². The Labute approximate surface area is 143 Å². The molecule has 0 bridgehead atoms. The fourth-order valence-electron chi connectivity index (χ4n) is 2.51. The summed E-state index contributed by atoms with van der Waals surface area (Å²) in [6.07, 6.45) is 0. The Hall–Kier alpha value is -1.68. The maximum atomic E-state index is 3.64. The van der Waals surface area contributed by atoms with Crippen LogP contribution in [0.5, 0.6) is 0 Å². The van der Waals surface area contributed by atoms with Crippen LogP contribution in [0.2, 0.25) is 0 Å². The molecule has 3 heteroatoms. The molecule has 0 amide bonds. The zero-order chi connectivity index (χ0) is 15.6. The molecular formula is C19H18OS2. The topological polar surface area (TPSA) is 9.23 Å². The zero-order valence-corrected chi connectivity index (χ0v) is 13.8. The van der Waals surface area contributed by atoms with E-state index in [0.29, 0.717) is 5.92 Å². The van der Waals surface area contributed by atoms with Crippen molar-refractivity contribution in [2.75, 3.05) is 0 Å². The van der Waals surface area contributed by atoms with Gasteiger partial charge in [0.15, 0.2) is 0 Å². The van der Waals surface area contributed by atoms with Gasteiger partial charge in [-0.05, 0) is 42.5 Å². The molecule has 3 aromatic carbocycles. The van der Waals surface area contributed by atoms with Crippen LogP contribution in [0.4, 0.5) is 0 Å². The van der Waals surface area contributed by atoms with E-state index >= 15 is 0 Å². The SMILES string of the molecule is SOS.c1ccc(C(c2ccccc2)c2ccccc2)cc1. The van der Waals surface area contributed by atoms with Gasteiger partial charge in [-0.25, -0.2) is 0 Å². The second kappa shape index (κ2) is 9.36. The normalized spacial score (nSPS) is 9.95. The summed E-state index contributed by atoms with van der Waals surface area (Å²) in [5.74, 6) is 0.309. The van der Waals surface area contributed by atoms with Crippen LogP contribution in [0.1, 0.15) is 22.6 Å².